The summed E-state index contributed by atoms with van der Waals surface area (Å²) < 4.78 is 33.1. The minimum Gasteiger partial charge on any atom is -0.495 e. The molecule has 1 heterocycles. The number of fused-ring (bicyclic) bond motifs is 1. The Kier molecular flexibility index (Phi) is 5.43. The zero-order valence-electron chi connectivity index (χ0n) is 16.7. The van der Waals surface area contributed by atoms with Gasteiger partial charge in [-0.05, 0) is 42.3 Å². The number of anilines is 2. The van der Waals surface area contributed by atoms with Gasteiger partial charge < -0.3 is 10.1 Å². The number of ether oxygens (including phenoxy) is 1. The predicted octanol–water partition coefficient (Wildman–Crippen LogP) is 2.18. The Balaban J connectivity index is 1.63. The second-order valence-corrected chi connectivity index (χ2v) is 8.82. The maximum Gasteiger partial charge on any atom is 0.264 e. The maximum absolute atomic E-state index is 13.2. The minimum absolute atomic E-state index is 0.0267. The number of hydrogen-bond donors (Lipinski definition) is 2. The number of rotatable bonds is 6. The third-order valence-electron chi connectivity index (χ3n) is 5.09. The summed E-state index contributed by atoms with van der Waals surface area (Å²) in [6.07, 6.45) is 0.638. The summed E-state index contributed by atoms with van der Waals surface area (Å²) in [4.78, 5) is 23.8. The number of carbonyl (C=O) groups excluding carboxylic acids is 1. The Morgan fingerprint density at radius 3 is 2.65 bits per heavy atom. The van der Waals surface area contributed by atoms with E-state index in [9.17, 15) is 18.1 Å². The number of benzene rings is 3. The average molecular weight is 438 g/mol. The highest BCUT2D eigenvalue weighted by molar-refractivity contribution is 7.92. The molecule has 1 amide bonds. The molecule has 0 bridgehead atoms. The molecule has 4 rings (SSSR count). The SMILES string of the molecule is COc1ccc([NH+]=O)cc1NC(=O)c1cccc(S(=O)(=O)N2CCc3ccccc32)c1. The van der Waals surface area contributed by atoms with E-state index in [0.717, 1.165) is 5.56 Å². The second-order valence-electron chi connectivity index (χ2n) is 6.95. The fourth-order valence-electron chi connectivity index (χ4n) is 3.55. The Hall–Kier alpha value is -3.72. The first-order chi connectivity index (χ1) is 14.9. The van der Waals surface area contributed by atoms with E-state index in [2.05, 4.69) is 5.32 Å². The van der Waals surface area contributed by atoms with Crippen LogP contribution in [0.25, 0.3) is 0 Å². The Morgan fingerprint density at radius 2 is 1.87 bits per heavy atom. The maximum atomic E-state index is 13.2. The number of amides is 1. The largest absolute Gasteiger partial charge is 0.495 e. The zero-order chi connectivity index (χ0) is 22.0. The Bertz CT molecular complexity index is 1270. The minimum atomic E-state index is -3.83. The number of methoxy groups -OCH3 is 1. The predicted molar refractivity (Wildman–Crippen MR) is 116 cm³/mol. The van der Waals surface area contributed by atoms with E-state index < -0.39 is 15.9 Å². The average Bonchev–Trinajstić information content (AvgIpc) is 3.24. The van der Waals surface area contributed by atoms with Gasteiger partial charge in [0.05, 0.1) is 23.4 Å². The summed E-state index contributed by atoms with van der Waals surface area (Å²) in [6, 6.07) is 17.7. The van der Waals surface area contributed by atoms with E-state index in [1.54, 1.807) is 23.4 Å². The van der Waals surface area contributed by atoms with Crippen molar-refractivity contribution in [2.45, 2.75) is 11.3 Å². The Morgan fingerprint density at radius 1 is 1.06 bits per heavy atom. The normalized spacial score (nSPS) is 12.9. The van der Waals surface area contributed by atoms with Gasteiger partial charge in [-0.3, -0.25) is 9.10 Å². The van der Waals surface area contributed by atoms with Gasteiger partial charge in [-0.25, -0.2) is 8.42 Å². The number of hydrogen-bond acceptors (Lipinski definition) is 5. The van der Waals surface area contributed by atoms with Crippen LogP contribution in [0, 0.1) is 4.91 Å². The highest BCUT2D eigenvalue weighted by Crippen LogP contribution is 2.33. The lowest BCUT2D eigenvalue weighted by Crippen LogP contribution is -2.55. The number of nitrogens with one attached hydrogen (secondary N) is 2. The zero-order valence-corrected chi connectivity index (χ0v) is 17.5. The molecule has 3 aromatic rings. The molecule has 9 heteroatoms. The molecule has 0 aromatic heterocycles. The Labute approximate surface area is 179 Å². The van der Waals surface area contributed by atoms with E-state index in [4.69, 9.17) is 4.74 Å². The van der Waals surface area contributed by atoms with Crippen molar-refractivity contribution in [3.05, 3.63) is 82.8 Å². The van der Waals surface area contributed by atoms with Crippen molar-refractivity contribution in [3.63, 3.8) is 0 Å². The molecular weight excluding hydrogens is 418 g/mol. The molecular formula is C22H20N3O5S+. The van der Waals surface area contributed by atoms with Crippen LogP contribution in [-0.2, 0) is 16.4 Å². The standard InChI is InChI=1S/C22H19N3O5S/c1-30-21-10-9-17(24-27)14-19(21)23-22(26)16-6-4-7-18(13-16)31(28,29)25-12-11-15-5-2-3-8-20(15)25/h2-10,13-14H,11-12H2,1H3,(H,23,26)/p+1. The lowest BCUT2D eigenvalue weighted by molar-refractivity contribution is -0.379. The second kappa shape index (κ2) is 8.19. The van der Waals surface area contributed by atoms with Crippen LogP contribution in [0.4, 0.5) is 17.1 Å². The van der Waals surface area contributed by atoms with Gasteiger partial charge in [0.2, 0.25) is 0 Å². The van der Waals surface area contributed by atoms with Crippen LogP contribution in [0.15, 0.2) is 71.6 Å². The van der Waals surface area contributed by atoms with Crippen molar-refractivity contribution in [3.8, 4) is 5.75 Å². The first-order valence-electron chi connectivity index (χ1n) is 9.52. The van der Waals surface area contributed by atoms with E-state index in [1.807, 2.05) is 12.1 Å². The third-order valence-corrected chi connectivity index (χ3v) is 6.90. The van der Waals surface area contributed by atoms with Crippen LogP contribution < -0.4 is 19.5 Å². The van der Waals surface area contributed by atoms with Crippen molar-refractivity contribution in [1.29, 1.82) is 0 Å². The van der Waals surface area contributed by atoms with Gasteiger partial charge in [-0.15, -0.1) is 0 Å². The number of sulfonamides is 1. The van der Waals surface area contributed by atoms with Gasteiger partial charge in [0.25, 0.3) is 21.6 Å². The molecule has 0 saturated carbocycles. The fraction of sp³-hybridized carbons (Fsp3) is 0.136. The molecule has 31 heavy (non-hydrogen) atoms. The van der Waals surface area contributed by atoms with Crippen LogP contribution in [0.3, 0.4) is 0 Å². The first-order valence-corrected chi connectivity index (χ1v) is 11.0. The van der Waals surface area contributed by atoms with Crippen LogP contribution >= 0.6 is 0 Å². The summed E-state index contributed by atoms with van der Waals surface area (Å²) in [6.45, 7) is 0.351. The van der Waals surface area contributed by atoms with E-state index >= 15 is 0 Å². The van der Waals surface area contributed by atoms with Gasteiger partial charge >= 0.3 is 0 Å². The van der Waals surface area contributed by atoms with Crippen LogP contribution in [-0.4, -0.2) is 28.0 Å². The third kappa shape index (κ3) is 3.87. The lowest BCUT2D eigenvalue weighted by atomic mass is 10.2. The van der Waals surface area contributed by atoms with Crippen molar-refractivity contribution < 1.29 is 23.1 Å². The number of para-hydroxylation sites is 1. The molecule has 0 fully saturated rings. The lowest BCUT2D eigenvalue weighted by Gasteiger charge is -2.20. The molecule has 0 unspecified atom stereocenters. The van der Waals surface area contributed by atoms with Gasteiger partial charge in [0, 0.05) is 34.3 Å². The summed E-state index contributed by atoms with van der Waals surface area (Å²) >= 11 is 0. The summed E-state index contributed by atoms with van der Waals surface area (Å²) in [5, 5.41) is 4.42. The first kappa shape index (κ1) is 20.5. The molecule has 1 aliphatic heterocycles. The fourth-order valence-corrected chi connectivity index (χ4v) is 5.10. The highest BCUT2D eigenvalue weighted by atomic mass is 32.2. The molecule has 1 aliphatic rings. The quantitative estimate of drug-likeness (QED) is 0.614. The smallest absolute Gasteiger partial charge is 0.264 e. The number of nitrogens with zero attached hydrogens (tertiary/aromatic N) is 1. The van der Waals surface area contributed by atoms with Crippen molar-refractivity contribution in [1.82, 2.24) is 0 Å². The summed E-state index contributed by atoms with van der Waals surface area (Å²) in [5.74, 6) is -0.162. The van der Waals surface area contributed by atoms with Gasteiger partial charge in [0.15, 0.2) is 0 Å². The molecule has 8 nitrogen and oxygen atoms in total. The topological polar surface area (TPSA) is 107 Å². The molecule has 158 valence electrons. The van der Waals surface area contributed by atoms with Crippen LogP contribution in [0.2, 0.25) is 0 Å². The van der Waals surface area contributed by atoms with Crippen LogP contribution in [0.1, 0.15) is 15.9 Å². The molecule has 3 aromatic carbocycles. The van der Waals surface area contributed by atoms with Crippen molar-refractivity contribution in [2.75, 3.05) is 23.3 Å². The monoisotopic (exact) mass is 438 g/mol. The van der Waals surface area contributed by atoms with Crippen molar-refractivity contribution in [2.24, 2.45) is 0 Å². The molecule has 0 aliphatic carbocycles. The molecule has 0 atom stereocenters. The molecule has 2 N–H and O–H groups in total. The molecule has 0 spiro atoms. The highest BCUT2D eigenvalue weighted by Gasteiger charge is 2.31. The summed E-state index contributed by atoms with van der Waals surface area (Å²) in [7, 11) is -2.39. The van der Waals surface area contributed by atoms with Crippen molar-refractivity contribution >= 4 is 33.0 Å². The summed E-state index contributed by atoms with van der Waals surface area (Å²) in [5.41, 5.74) is 2.33. The van der Waals surface area contributed by atoms with Gasteiger partial charge in [-0.2, -0.15) is 0 Å². The molecule has 0 radical (unpaired) electrons. The van der Waals surface area contributed by atoms with E-state index in [-0.39, 0.29) is 21.8 Å². The molecule has 0 saturated heterocycles. The number of carbonyl (C=O) groups is 1. The van der Waals surface area contributed by atoms with Crippen LogP contribution in [0.5, 0.6) is 5.75 Å². The van der Waals surface area contributed by atoms with Gasteiger partial charge in [0.1, 0.15) is 5.75 Å². The van der Waals surface area contributed by atoms with E-state index in [1.165, 1.54) is 47.8 Å². The van der Waals surface area contributed by atoms with E-state index in [0.29, 0.717) is 24.4 Å². The number of nitroso groups, excluding NO2 is 1. The van der Waals surface area contributed by atoms with Gasteiger partial charge in [-0.1, -0.05) is 24.3 Å².